The van der Waals surface area contributed by atoms with E-state index in [0.29, 0.717) is 11.8 Å². The molecule has 194 valence electrons. The molecule has 0 N–H and O–H groups in total. The third-order valence-electron chi connectivity index (χ3n) is 8.57. The van der Waals surface area contributed by atoms with Gasteiger partial charge in [-0.05, 0) is 117 Å². The molecule has 0 unspecified atom stereocenters. The average molecular weight is 483 g/mol. The standard InChI is InChI=1S/C36H50/c1-9-15-25-26(16-10-2)28(18-12-4)32-22-34-33(21-31(32)27(25)17-11-3)35(23(5)6)29-19-13-14-20-30(29)36(34)24(7)8/h13-14,19-20,23-24H,9-12,15-18,21-22H2,1-8H3. The summed E-state index contributed by atoms with van der Waals surface area (Å²) in [6.45, 7) is 19.1. The third-order valence-corrected chi connectivity index (χ3v) is 8.57. The van der Waals surface area contributed by atoms with E-state index in [4.69, 9.17) is 0 Å². The van der Waals surface area contributed by atoms with Gasteiger partial charge < -0.3 is 0 Å². The fourth-order valence-corrected chi connectivity index (χ4v) is 7.41. The first-order valence-electron chi connectivity index (χ1n) is 15.1. The summed E-state index contributed by atoms with van der Waals surface area (Å²) < 4.78 is 0. The van der Waals surface area contributed by atoms with Crippen LogP contribution in [0.4, 0.5) is 0 Å². The lowest BCUT2D eigenvalue weighted by Crippen LogP contribution is -2.21. The summed E-state index contributed by atoms with van der Waals surface area (Å²) in [4.78, 5) is 0. The third kappa shape index (κ3) is 4.66. The van der Waals surface area contributed by atoms with Crippen LogP contribution in [0.1, 0.15) is 149 Å². The number of hydrogen-bond acceptors (Lipinski definition) is 0. The SMILES string of the molecule is CCCc1c(CCC)c(CCC)c2c(c1CCC)Cc1c(c(C(C)C)c3ccccc3c1C(C)C)C2. The molecular formula is C36H50. The molecule has 0 bridgehead atoms. The molecule has 0 spiro atoms. The predicted molar refractivity (Wildman–Crippen MR) is 160 cm³/mol. The molecule has 0 saturated heterocycles. The van der Waals surface area contributed by atoms with E-state index in [-0.39, 0.29) is 0 Å². The zero-order chi connectivity index (χ0) is 26.0. The molecule has 0 saturated carbocycles. The summed E-state index contributed by atoms with van der Waals surface area (Å²) in [7, 11) is 0. The second kappa shape index (κ2) is 11.5. The predicted octanol–water partition coefficient (Wildman–Crippen LogP) is 10.4. The molecule has 0 aromatic heterocycles. The van der Waals surface area contributed by atoms with E-state index in [1.54, 1.807) is 55.6 Å². The Balaban J connectivity index is 2.11. The maximum atomic E-state index is 2.41. The van der Waals surface area contributed by atoms with Gasteiger partial charge in [-0.1, -0.05) is 105 Å². The van der Waals surface area contributed by atoms with Crippen LogP contribution in [0.15, 0.2) is 24.3 Å². The molecule has 4 rings (SSSR count). The van der Waals surface area contributed by atoms with Crippen LogP contribution in [0.5, 0.6) is 0 Å². The summed E-state index contributed by atoms with van der Waals surface area (Å²) in [6.07, 6.45) is 12.2. The van der Waals surface area contributed by atoms with Gasteiger partial charge in [0.2, 0.25) is 0 Å². The van der Waals surface area contributed by atoms with Crippen LogP contribution in [0.25, 0.3) is 10.8 Å². The topological polar surface area (TPSA) is 0 Å². The minimum Gasteiger partial charge on any atom is -0.0651 e. The molecule has 0 nitrogen and oxygen atoms in total. The lowest BCUT2D eigenvalue weighted by atomic mass is 9.70. The van der Waals surface area contributed by atoms with E-state index in [9.17, 15) is 0 Å². The minimum atomic E-state index is 0.533. The van der Waals surface area contributed by atoms with Crippen molar-refractivity contribution in [2.75, 3.05) is 0 Å². The monoisotopic (exact) mass is 482 g/mol. The molecule has 1 aliphatic rings. The maximum Gasteiger partial charge on any atom is -0.00140 e. The van der Waals surface area contributed by atoms with Gasteiger partial charge >= 0.3 is 0 Å². The molecule has 3 aromatic rings. The smallest absolute Gasteiger partial charge is 0.00140 e. The second-order valence-electron chi connectivity index (χ2n) is 11.9. The molecular weight excluding hydrogens is 432 g/mol. The highest BCUT2D eigenvalue weighted by Gasteiger charge is 2.31. The second-order valence-corrected chi connectivity index (χ2v) is 11.9. The van der Waals surface area contributed by atoms with E-state index in [1.807, 2.05) is 0 Å². The van der Waals surface area contributed by atoms with Gasteiger partial charge in [-0.3, -0.25) is 0 Å². The van der Waals surface area contributed by atoms with Crippen LogP contribution >= 0.6 is 0 Å². The van der Waals surface area contributed by atoms with Crippen molar-refractivity contribution in [3.63, 3.8) is 0 Å². The largest absolute Gasteiger partial charge is 0.0651 e. The quantitative estimate of drug-likeness (QED) is 0.211. The highest BCUT2D eigenvalue weighted by atomic mass is 14.3. The number of rotatable bonds is 10. The number of fused-ring (bicyclic) bond motifs is 3. The molecule has 0 heterocycles. The Hall–Kier alpha value is -2.08. The van der Waals surface area contributed by atoms with Crippen molar-refractivity contribution in [3.8, 4) is 0 Å². The van der Waals surface area contributed by atoms with Gasteiger partial charge in [0, 0.05) is 0 Å². The van der Waals surface area contributed by atoms with Crippen LogP contribution in [0.2, 0.25) is 0 Å². The van der Waals surface area contributed by atoms with E-state index in [2.05, 4.69) is 79.7 Å². The van der Waals surface area contributed by atoms with Gasteiger partial charge in [0.25, 0.3) is 0 Å². The van der Waals surface area contributed by atoms with Gasteiger partial charge in [-0.25, -0.2) is 0 Å². The van der Waals surface area contributed by atoms with Crippen LogP contribution in [0, 0.1) is 0 Å². The Morgan fingerprint density at radius 1 is 0.500 bits per heavy atom. The van der Waals surface area contributed by atoms with Crippen molar-refractivity contribution in [2.24, 2.45) is 0 Å². The summed E-state index contributed by atoms with van der Waals surface area (Å²) in [5, 5.41) is 3.00. The van der Waals surface area contributed by atoms with Crippen LogP contribution in [-0.2, 0) is 38.5 Å². The molecule has 0 atom stereocenters. The Morgan fingerprint density at radius 2 is 0.833 bits per heavy atom. The van der Waals surface area contributed by atoms with Crippen LogP contribution in [-0.4, -0.2) is 0 Å². The first-order valence-corrected chi connectivity index (χ1v) is 15.1. The van der Waals surface area contributed by atoms with Gasteiger partial charge in [-0.15, -0.1) is 0 Å². The lowest BCUT2D eigenvalue weighted by molar-refractivity contribution is 0.760. The Morgan fingerprint density at radius 3 is 1.14 bits per heavy atom. The number of hydrogen-bond donors (Lipinski definition) is 0. The molecule has 0 radical (unpaired) electrons. The minimum absolute atomic E-state index is 0.533. The van der Waals surface area contributed by atoms with Gasteiger partial charge in [-0.2, -0.15) is 0 Å². The molecule has 0 fully saturated rings. The molecule has 0 aliphatic heterocycles. The fraction of sp³-hybridized carbons (Fsp3) is 0.556. The first-order chi connectivity index (χ1) is 17.4. The van der Waals surface area contributed by atoms with E-state index in [0.717, 1.165) is 12.8 Å². The number of benzene rings is 3. The summed E-state index contributed by atoms with van der Waals surface area (Å²) in [5.74, 6) is 1.07. The Labute approximate surface area is 221 Å². The van der Waals surface area contributed by atoms with Crippen molar-refractivity contribution in [1.82, 2.24) is 0 Å². The van der Waals surface area contributed by atoms with Crippen molar-refractivity contribution in [3.05, 3.63) is 79.9 Å². The van der Waals surface area contributed by atoms with Gasteiger partial charge in [0.05, 0.1) is 0 Å². The lowest BCUT2D eigenvalue weighted by Gasteiger charge is -2.35. The average Bonchev–Trinajstić information content (AvgIpc) is 2.85. The maximum absolute atomic E-state index is 2.41. The highest BCUT2D eigenvalue weighted by molar-refractivity contribution is 5.92. The zero-order valence-electron chi connectivity index (χ0n) is 24.5. The molecule has 36 heavy (non-hydrogen) atoms. The summed E-state index contributed by atoms with van der Waals surface area (Å²) in [5.41, 5.74) is 17.0. The summed E-state index contributed by atoms with van der Waals surface area (Å²) >= 11 is 0. The van der Waals surface area contributed by atoms with E-state index >= 15 is 0 Å². The fourth-order valence-electron chi connectivity index (χ4n) is 7.41. The first kappa shape index (κ1) is 27.0. The van der Waals surface area contributed by atoms with Crippen molar-refractivity contribution in [2.45, 2.75) is 131 Å². The molecule has 1 aliphatic carbocycles. The molecule has 0 heteroatoms. The van der Waals surface area contributed by atoms with Crippen molar-refractivity contribution < 1.29 is 0 Å². The zero-order valence-corrected chi connectivity index (χ0v) is 24.5. The Kier molecular flexibility index (Phi) is 8.64. The normalized spacial score (nSPS) is 13.1. The highest BCUT2D eigenvalue weighted by Crippen LogP contribution is 2.46. The van der Waals surface area contributed by atoms with Crippen LogP contribution < -0.4 is 0 Å². The Bertz CT molecular complexity index is 1130. The van der Waals surface area contributed by atoms with Gasteiger partial charge in [0.15, 0.2) is 0 Å². The van der Waals surface area contributed by atoms with Crippen LogP contribution in [0.3, 0.4) is 0 Å². The van der Waals surface area contributed by atoms with Crippen molar-refractivity contribution in [1.29, 1.82) is 0 Å². The van der Waals surface area contributed by atoms with E-state index < -0.39 is 0 Å². The van der Waals surface area contributed by atoms with Crippen molar-refractivity contribution >= 4 is 10.8 Å². The van der Waals surface area contributed by atoms with Gasteiger partial charge in [0.1, 0.15) is 0 Å². The molecule has 3 aromatic carbocycles. The molecule has 0 amide bonds. The van der Waals surface area contributed by atoms with E-state index in [1.165, 1.54) is 62.1 Å². The summed E-state index contributed by atoms with van der Waals surface area (Å²) in [6, 6.07) is 9.29.